The van der Waals surface area contributed by atoms with Crippen LogP contribution >= 0.6 is 11.8 Å². The van der Waals surface area contributed by atoms with Crippen LogP contribution in [0.3, 0.4) is 0 Å². The van der Waals surface area contributed by atoms with Gasteiger partial charge in [0.05, 0.1) is 12.7 Å². The fraction of sp³-hybridized carbons (Fsp3) is 0.250. The van der Waals surface area contributed by atoms with Gasteiger partial charge in [-0.2, -0.15) is 0 Å². The van der Waals surface area contributed by atoms with Crippen molar-refractivity contribution >= 4 is 11.8 Å². The third kappa shape index (κ3) is 4.25. The molecular formula is C16H17FO2S. The maximum absolute atomic E-state index is 13.2. The van der Waals surface area contributed by atoms with Crippen molar-refractivity contribution in [2.45, 2.75) is 17.9 Å². The molecule has 2 aromatic rings. The fourth-order valence-corrected chi connectivity index (χ4v) is 2.56. The molecule has 2 nitrogen and oxygen atoms in total. The summed E-state index contributed by atoms with van der Waals surface area (Å²) in [6, 6.07) is 14.2. The lowest BCUT2D eigenvalue weighted by molar-refractivity contribution is 0.192. The molecule has 106 valence electrons. The van der Waals surface area contributed by atoms with Gasteiger partial charge in [0, 0.05) is 22.3 Å². The molecule has 2 rings (SSSR count). The van der Waals surface area contributed by atoms with Crippen LogP contribution in [0.15, 0.2) is 53.4 Å². The van der Waals surface area contributed by atoms with Gasteiger partial charge in [-0.05, 0) is 31.2 Å². The Hall–Kier alpha value is -1.52. The van der Waals surface area contributed by atoms with E-state index >= 15 is 0 Å². The fourth-order valence-electron chi connectivity index (χ4n) is 1.81. The lowest BCUT2D eigenvalue weighted by atomic mass is 10.1. The summed E-state index contributed by atoms with van der Waals surface area (Å²) in [7, 11) is 0. The Morgan fingerprint density at radius 3 is 2.65 bits per heavy atom. The summed E-state index contributed by atoms with van der Waals surface area (Å²) in [5.74, 6) is 0.813. The van der Waals surface area contributed by atoms with Crippen molar-refractivity contribution in [1.29, 1.82) is 0 Å². The zero-order valence-electron chi connectivity index (χ0n) is 11.3. The van der Waals surface area contributed by atoms with Gasteiger partial charge < -0.3 is 9.84 Å². The number of rotatable bonds is 6. The number of halogens is 1. The second kappa shape index (κ2) is 7.31. The predicted molar refractivity (Wildman–Crippen MR) is 79.7 cm³/mol. The van der Waals surface area contributed by atoms with Crippen LogP contribution in [0.2, 0.25) is 0 Å². The second-order valence-electron chi connectivity index (χ2n) is 4.37. The minimum Gasteiger partial charge on any atom is -0.492 e. The van der Waals surface area contributed by atoms with Gasteiger partial charge in [-0.15, -0.1) is 11.8 Å². The van der Waals surface area contributed by atoms with Gasteiger partial charge in [0.15, 0.2) is 0 Å². The molecule has 1 atom stereocenters. The van der Waals surface area contributed by atoms with Crippen LogP contribution in [0.25, 0.3) is 0 Å². The molecule has 0 aliphatic carbocycles. The maximum Gasteiger partial charge on any atom is 0.128 e. The Kier molecular flexibility index (Phi) is 5.44. The number of thioether (sulfide) groups is 1. The van der Waals surface area contributed by atoms with Gasteiger partial charge in [-0.1, -0.05) is 18.2 Å². The average Bonchev–Trinajstić information content (AvgIpc) is 2.44. The first kappa shape index (κ1) is 14.9. The highest BCUT2D eigenvalue weighted by Crippen LogP contribution is 2.26. The Balaban J connectivity index is 1.89. The second-order valence-corrected chi connectivity index (χ2v) is 5.54. The molecule has 0 unspecified atom stereocenters. The zero-order chi connectivity index (χ0) is 14.4. The summed E-state index contributed by atoms with van der Waals surface area (Å²) in [6.45, 7) is 2.10. The zero-order valence-corrected chi connectivity index (χ0v) is 12.1. The van der Waals surface area contributed by atoms with Crippen molar-refractivity contribution in [3.63, 3.8) is 0 Å². The summed E-state index contributed by atoms with van der Waals surface area (Å²) in [4.78, 5) is 1.17. The molecule has 0 fully saturated rings. The molecule has 1 N–H and O–H groups in total. The van der Waals surface area contributed by atoms with E-state index in [9.17, 15) is 9.50 Å². The van der Waals surface area contributed by atoms with Gasteiger partial charge in [-0.3, -0.25) is 0 Å². The highest BCUT2D eigenvalue weighted by atomic mass is 32.2. The van der Waals surface area contributed by atoms with Crippen molar-refractivity contribution in [2.75, 3.05) is 12.4 Å². The first-order valence-electron chi connectivity index (χ1n) is 6.45. The van der Waals surface area contributed by atoms with Crippen molar-refractivity contribution < 1.29 is 14.2 Å². The number of benzene rings is 2. The van der Waals surface area contributed by atoms with Crippen molar-refractivity contribution in [3.8, 4) is 5.75 Å². The third-order valence-electron chi connectivity index (χ3n) is 2.78. The first-order chi connectivity index (χ1) is 9.66. The van der Waals surface area contributed by atoms with E-state index in [4.69, 9.17) is 4.74 Å². The molecule has 0 heterocycles. The molecule has 0 radical (unpaired) electrons. The monoisotopic (exact) mass is 292 g/mol. The van der Waals surface area contributed by atoms with Crippen LogP contribution < -0.4 is 4.74 Å². The smallest absolute Gasteiger partial charge is 0.128 e. The minimum atomic E-state index is -0.674. The van der Waals surface area contributed by atoms with Crippen LogP contribution in [-0.2, 0) is 0 Å². The lowest BCUT2D eigenvalue weighted by Crippen LogP contribution is -2.04. The molecule has 4 heteroatoms. The highest BCUT2D eigenvalue weighted by Gasteiger charge is 2.10. The first-order valence-corrected chi connectivity index (χ1v) is 7.43. The van der Waals surface area contributed by atoms with Gasteiger partial charge >= 0.3 is 0 Å². The lowest BCUT2D eigenvalue weighted by Gasteiger charge is -2.13. The topological polar surface area (TPSA) is 29.5 Å². The third-order valence-corrected chi connectivity index (χ3v) is 3.75. The van der Waals surface area contributed by atoms with Gasteiger partial charge in [0.25, 0.3) is 0 Å². The summed E-state index contributed by atoms with van der Waals surface area (Å²) in [5.41, 5.74) is 0.608. The van der Waals surface area contributed by atoms with Crippen LogP contribution in [-0.4, -0.2) is 17.5 Å². The summed E-state index contributed by atoms with van der Waals surface area (Å²) >= 11 is 1.68. The predicted octanol–water partition coefficient (Wildman–Crippen LogP) is 4.05. The number of hydrogen-bond donors (Lipinski definition) is 1. The quantitative estimate of drug-likeness (QED) is 0.643. The Morgan fingerprint density at radius 2 is 1.95 bits per heavy atom. The Morgan fingerprint density at radius 1 is 1.20 bits per heavy atom. The van der Waals surface area contributed by atoms with Crippen LogP contribution in [0.1, 0.15) is 18.6 Å². The molecule has 0 saturated heterocycles. The molecule has 0 aromatic heterocycles. The summed E-state index contributed by atoms with van der Waals surface area (Å²) in [5, 5.41) is 9.62. The number of aliphatic hydroxyl groups excluding tert-OH is 1. The normalized spacial score (nSPS) is 12.2. The van der Waals surface area contributed by atoms with Gasteiger partial charge in [0.2, 0.25) is 0 Å². The van der Waals surface area contributed by atoms with Crippen molar-refractivity contribution in [2.24, 2.45) is 0 Å². The van der Waals surface area contributed by atoms with E-state index < -0.39 is 6.10 Å². The van der Waals surface area contributed by atoms with Crippen LogP contribution in [0, 0.1) is 5.82 Å². The molecule has 0 bridgehead atoms. The van der Waals surface area contributed by atoms with Crippen LogP contribution in [0.4, 0.5) is 4.39 Å². The molecule has 0 spiro atoms. The SMILES string of the molecule is C[C@H](O)c1ccc(F)cc1OCCSc1ccccc1. The molecule has 0 saturated carbocycles. The van der Waals surface area contributed by atoms with E-state index in [1.165, 1.54) is 17.0 Å². The molecule has 0 aliphatic heterocycles. The van der Waals surface area contributed by atoms with E-state index in [0.717, 1.165) is 5.75 Å². The number of hydrogen-bond acceptors (Lipinski definition) is 3. The van der Waals surface area contributed by atoms with Crippen molar-refractivity contribution in [3.05, 3.63) is 59.9 Å². The number of ether oxygens (including phenoxy) is 1. The van der Waals surface area contributed by atoms with Crippen LogP contribution in [0.5, 0.6) is 5.75 Å². The largest absolute Gasteiger partial charge is 0.492 e. The average molecular weight is 292 g/mol. The summed E-state index contributed by atoms with van der Waals surface area (Å²) in [6.07, 6.45) is -0.674. The number of aliphatic hydroxyl groups is 1. The van der Waals surface area contributed by atoms with Crippen molar-refractivity contribution in [1.82, 2.24) is 0 Å². The summed E-state index contributed by atoms with van der Waals surface area (Å²) < 4.78 is 18.8. The molecular weight excluding hydrogens is 275 g/mol. The Labute approximate surface area is 122 Å². The van der Waals surface area contributed by atoms with E-state index in [2.05, 4.69) is 0 Å². The molecule has 2 aromatic carbocycles. The van der Waals surface area contributed by atoms with Gasteiger partial charge in [-0.25, -0.2) is 4.39 Å². The Bertz CT molecular complexity index is 543. The maximum atomic E-state index is 13.2. The van der Waals surface area contributed by atoms with E-state index in [-0.39, 0.29) is 5.82 Å². The van der Waals surface area contributed by atoms with E-state index in [1.807, 2.05) is 30.3 Å². The van der Waals surface area contributed by atoms with Gasteiger partial charge in [0.1, 0.15) is 11.6 Å². The van der Waals surface area contributed by atoms with E-state index in [1.54, 1.807) is 24.8 Å². The molecule has 0 amide bonds. The minimum absolute atomic E-state index is 0.361. The van der Waals surface area contributed by atoms with E-state index in [0.29, 0.717) is 17.9 Å². The standard InChI is InChI=1S/C16H17FO2S/c1-12(18)15-8-7-13(17)11-16(15)19-9-10-20-14-5-3-2-4-6-14/h2-8,11-12,18H,9-10H2,1H3/t12-/m0/s1. The molecule has 20 heavy (non-hydrogen) atoms. The molecule has 0 aliphatic rings. The highest BCUT2D eigenvalue weighted by molar-refractivity contribution is 7.99.